The summed E-state index contributed by atoms with van der Waals surface area (Å²) in [6.07, 6.45) is 1.56. The van der Waals surface area contributed by atoms with Crippen molar-refractivity contribution in [3.8, 4) is 28.4 Å². The van der Waals surface area contributed by atoms with Gasteiger partial charge in [0.2, 0.25) is 5.95 Å². The summed E-state index contributed by atoms with van der Waals surface area (Å²) in [4.78, 5) is 23.1. The minimum Gasteiger partial charge on any atom is -0.496 e. The minimum atomic E-state index is -0.525. The van der Waals surface area contributed by atoms with Crippen LogP contribution in [0.25, 0.3) is 22.6 Å². The zero-order chi connectivity index (χ0) is 17.3. The highest BCUT2D eigenvalue weighted by Gasteiger charge is 2.17. The van der Waals surface area contributed by atoms with Crippen LogP contribution in [0.5, 0.6) is 5.75 Å². The highest BCUT2D eigenvalue weighted by atomic mass is 16.5. The van der Waals surface area contributed by atoms with E-state index in [0.717, 1.165) is 16.9 Å². The van der Waals surface area contributed by atoms with Crippen LogP contribution < -0.4 is 16.2 Å². The zero-order valence-corrected chi connectivity index (χ0v) is 13.3. The van der Waals surface area contributed by atoms with Gasteiger partial charge >= 0.3 is 0 Å². The van der Waals surface area contributed by atoms with Crippen LogP contribution in [0.4, 0.5) is 5.95 Å². The molecule has 1 amide bonds. The van der Waals surface area contributed by atoms with Gasteiger partial charge in [0.1, 0.15) is 5.75 Å². The van der Waals surface area contributed by atoms with E-state index in [9.17, 15) is 4.79 Å². The fourth-order valence-electron chi connectivity index (χ4n) is 2.57. The monoisotopic (exact) mass is 323 g/mol. The van der Waals surface area contributed by atoms with E-state index in [4.69, 9.17) is 16.2 Å². The number of nitrogens with one attached hydrogen (secondary N) is 1. The van der Waals surface area contributed by atoms with Crippen molar-refractivity contribution >= 4 is 11.9 Å². The molecule has 0 aliphatic carbocycles. The predicted octanol–water partition coefficient (Wildman–Crippen LogP) is 2.14. The number of benzene rings is 1. The van der Waals surface area contributed by atoms with Gasteiger partial charge in [-0.1, -0.05) is 0 Å². The molecule has 7 nitrogen and oxygen atoms in total. The Balaban J connectivity index is 2.14. The summed E-state index contributed by atoms with van der Waals surface area (Å²) in [5.74, 6) is 0.405. The smallest absolute Gasteiger partial charge is 0.250 e. The summed E-state index contributed by atoms with van der Waals surface area (Å²) in [6.45, 7) is 1.93. The highest BCUT2D eigenvalue weighted by molar-refractivity contribution is 6.00. The first-order chi connectivity index (χ1) is 11.5. The molecule has 1 aromatic carbocycles. The van der Waals surface area contributed by atoms with Gasteiger partial charge in [-0.25, -0.2) is 9.97 Å². The number of H-pyrrole nitrogens is 1. The van der Waals surface area contributed by atoms with Crippen LogP contribution >= 0.6 is 0 Å². The number of primary amides is 1. The minimum absolute atomic E-state index is 0.157. The second kappa shape index (κ2) is 6.04. The zero-order valence-electron chi connectivity index (χ0n) is 13.3. The molecule has 0 spiro atoms. The van der Waals surface area contributed by atoms with Crippen molar-refractivity contribution in [3.63, 3.8) is 0 Å². The molecule has 2 heterocycles. The van der Waals surface area contributed by atoms with E-state index < -0.39 is 5.91 Å². The average molecular weight is 323 g/mol. The van der Waals surface area contributed by atoms with Gasteiger partial charge in [-0.05, 0) is 48.4 Å². The maximum absolute atomic E-state index is 11.8. The lowest BCUT2D eigenvalue weighted by atomic mass is 10.0. The number of anilines is 1. The molecule has 122 valence electrons. The largest absolute Gasteiger partial charge is 0.496 e. The van der Waals surface area contributed by atoms with Crippen LogP contribution in [-0.4, -0.2) is 28.0 Å². The summed E-state index contributed by atoms with van der Waals surface area (Å²) in [5, 5.41) is 0. The van der Waals surface area contributed by atoms with Crippen LogP contribution in [0.1, 0.15) is 15.9 Å². The molecule has 3 aromatic rings. The molecule has 0 aliphatic heterocycles. The lowest BCUT2D eigenvalue weighted by molar-refractivity contribution is 0.100. The Morgan fingerprint density at radius 3 is 2.67 bits per heavy atom. The van der Waals surface area contributed by atoms with E-state index in [0.29, 0.717) is 22.6 Å². The molecule has 0 saturated carbocycles. The number of hydrogen-bond acceptors (Lipinski definition) is 5. The number of amides is 1. The van der Waals surface area contributed by atoms with Crippen molar-refractivity contribution in [2.75, 3.05) is 12.8 Å². The van der Waals surface area contributed by atoms with E-state index in [-0.39, 0.29) is 5.95 Å². The van der Waals surface area contributed by atoms with Crippen molar-refractivity contribution in [2.45, 2.75) is 6.92 Å². The number of aromatic nitrogens is 3. The Hall–Kier alpha value is -3.35. The Bertz CT molecular complexity index is 917. The number of nitrogens with two attached hydrogens (primary N) is 2. The van der Waals surface area contributed by atoms with E-state index in [2.05, 4.69) is 15.0 Å². The molecule has 24 heavy (non-hydrogen) atoms. The standard InChI is InChI=1S/C17H17N5O2/c1-9-7-10(3-4-14(9)24-2)15-11(16(18)23)8-13(21-15)12-5-6-20-17(19)22-12/h3-8,21H,1-2H3,(H2,18,23)(H2,19,20,22). The van der Waals surface area contributed by atoms with Gasteiger partial charge in [0, 0.05) is 6.20 Å². The van der Waals surface area contributed by atoms with Crippen LogP contribution in [0.2, 0.25) is 0 Å². The van der Waals surface area contributed by atoms with Crippen LogP contribution in [0, 0.1) is 6.92 Å². The van der Waals surface area contributed by atoms with Gasteiger partial charge in [0.25, 0.3) is 5.91 Å². The van der Waals surface area contributed by atoms with Crippen molar-refractivity contribution in [2.24, 2.45) is 5.73 Å². The summed E-state index contributed by atoms with van der Waals surface area (Å²) in [5.41, 5.74) is 15.2. The molecule has 0 unspecified atom stereocenters. The average Bonchev–Trinajstić information content (AvgIpc) is 3.00. The number of methoxy groups -OCH3 is 1. The molecule has 0 atom stereocenters. The molecule has 0 aliphatic rings. The maximum Gasteiger partial charge on any atom is 0.250 e. The third-order valence-electron chi connectivity index (χ3n) is 3.72. The van der Waals surface area contributed by atoms with Crippen molar-refractivity contribution in [1.82, 2.24) is 15.0 Å². The van der Waals surface area contributed by atoms with E-state index in [1.54, 1.807) is 25.4 Å². The molecular formula is C17H17N5O2. The molecule has 0 radical (unpaired) electrons. The number of hydrogen-bond donors (Lipinski definition) is 3. The second-order valence-corrected chi connectivity index (χ2v) is 5.32. The molecule has 0 saturated heterocycles. The Kier molecular flexibility index (Phi) is 3.91. The number of aromatic amines is 1. The van der Waals surface area contributed by atoms with Gasteiger partial charge in [-0.2, -0.15) is 0 Å². The molecule has 7 heteroatoms. The molecule has 0 bridgehead atoms. The number of carbonyl (C=O) groups excluding carboxylic acids is 1. The first-order valence-electron chi connectivity index (χ1n) is 7.26. The molecule has 0 fully saturated rings. The summed E-state index contributed by atoms with van der Waals surface area (Å²) in [7, 11) is 1.61. The number of carbonyl (C=O) groups is 1. The van der Waals surface area contributed by atoms with Gasteiger partial charge < -0.3 is 21.2 Å². The molecule has 3 rings (SSSR count). The Morgan fingerprint density at radius 2 is 2.04 bits per heavy atom. The lowest BCUT2D eigenvalue weighted by Crippen LogP contribution is -2.11. The van der Waals surface area contributed by atoms with E-state index in [1.165, 1.54) is 0 Å². The summed E-state index contributed by atoms with van der Waals surface area (Å²) in [6, 6.07) is 9.01. The maximum atomic E-state index is 11.8. The highest BCUT2D eigenvalue weighted by Crippen LogP contribution is 2.31. The Labute approximate surface area is 138 Å². The SMILES string of the molecule is COc1ccc(-c2[nH]c(-c3ccnc(N)n3)cc2C(N)=O)cc1C. The van der Waals surface area contributed by atoms with Gasteiger partial charge in [-0.3, -0.25) is 4.79 Å². The van der Waals surface area contributed by atoms with Gasteiger partial charge in [-0.15, -0.1) is 0 Å². The molecular weight excluding hydrogens is 306 g/mol. The van der Waals surface area contributed by atoms with E-state index >= 15 is 0 Å². The molecule has 5 N–H and O–H groups in total. The van der Waals surface area contributed by atoms with Crippen molar-refractivity contribution in [3.05, 3.63) is 47.7 Å². The summed E-state index contributed by atoms with van der Waals surface area (Å²) >= 11 is 0. The third-order valence-corrected chi connectivity index (χ3v) is 3.72. The van der Waals surface area contributed by atoms with E-state index in [1.807, 2.05) is 25.1 Å². The lowest BCUT2D eigenvalue weighted by Gasteiger charge is -2.07. The Morgan fingerprint density at radius 1 is 1.25 bits per heavy atom. The van der Waals surface area contributed by atoms with Gasteiger partial charge in [0.05, 0.1) is 29.8 Å². The van der Waals surface area contributed by atoms with Gasteiger partial charge in [0.15, 0.2) is 0 Å². The number of nitrogen functional groups attached to an aromatic ring is 1. The fourth-order valence-corrected chi connectivity index (χ4v) is 2.57. The second-order valence-electron chi connectivity index (χ2n) is 5.32. The van der Waals surface area contributed by atoms with Crippen molar-refractivity contribution < 1.29 is 9.53 Å². The van der Waals surface area contributed by atoms with Crippen LogP contribution in [0.15, 0.2) is 36.5 Å². The number of rotatable bonds is 4. The first kappa shape index (κ1) is 15.5. The predicted molar refractivity (Wildman–Crippen MR) is 91.5 cm³/mol. The first-order valence-corrected chi connectivity index (χ1v) is 7.26. The quantitative estimate of drug-likeness (QED) is 0.679. The third kappa shape index (κ3) is 2.79. The number of ether oxygens (including phenoxy) is 1. The molecule has 2 aromatic heterocycles. The normalized spacial score (nSPS) is 10.6. The van der Waals surface area contributed by atoms with Crippen LogP contribution in [0.3, 0.4) is 0 Å². The van der Waals surface area contributed by atoms with Crippen LogP contribution in [-0.2, 0) is 0 Å². The topological polar surface area (TPSA) is 120 Å². The van der Waals surface area contributed by atoms with Crippen molar-refractivity contribution in [1.29, 1.82) is 0 Å². The number of nitrogens with zero attached hydrogens (tertiary/aromatic N) is 2. The number of aryl methyl sites for hydroxylation is 1. The summed E-state index contributed by atoms with van der Waals surface area (Å²) < 4.78 is 5.27. The fraction of sp³-hybridized carbons (Fsp3) is 0.118.